The van der Waals surface area contributed by atoms with Crippen molar-refractivity contribution in [3.8, 4) is 0 Å². The molecule has 0 N–H and O–H groups in total. The molecule has 2 rings (SSSR count). The van der Waals surface area contributed by atoms with Gasteiger partial charge in [0.2, 0.25) is 0 Å². The standard InChI is InChI=1S/C15H20O2S/c1-3-4-5-10-15(11-12-15)17-18(16)14-8-6-13(2)7-9-14/h6-9,11-12H,3-5,10H2,1-2H3. The van der Waals surface area contributed by atoms with Crippen LogP contribution in [0.4, 0.5) is 0 Å². The summed E-state index contributed by atoms with van der Waals surface area (Å²) in [6.45, 7) is 4.19. The minimum Gasteiger partial charge on any atom is -0.272 e. The molecule has 18 heavy (non-hydrogen) atoms. The Hall–Kier alpha value is -0.930. The molecule has 98 valence electrons. The fourth-order valence-electron chi connectivity index (χ4n) is 1.85. The average molecular weight is 264 g/mol. The lowest BCUT2D eigenvalue weighted by Gasteiger charge is -2.15. The summed E-state index contributed by atoms with van der Waals surface area (Å²) in [4.78, 5) is 0.740. The fraction of sp³-hybridized carbons (Fsp3) is 0.467. The van der Waals surface area contributed by atoms with Crippen molar-refractivity contribution in [1.82, 2.24) is 0 Å². The molecule has 1 unspecified atom stereocenters. The second kappa shape index (κ2) is 5.81. The molecule has 0 heterocycles. The van der Waals surface area contributed by atoms with E-state index >= 15 is 0 Å². The molecule has 0 saturated carbocycles. The van der Waals surface area contributed by atoms with E-state index < -0.39 is 11.1 Å². The van der Waals surface area contributed by atoms with Crippen LogP contribution in [0.3, 0.4) is 0 Å². The number of benzene rings is 1. The van der Waals surface area contributed by atoms with Gasteiger partial charge in [-0.05, 0) is 44.1 Å². The molecule has 0 fully saturated rings. The summed E-state index contributed by atoms with van der Waals surface area (Å²) in [6.07, 6.45) is 8.47. The highest BCUT2D eigenvalue weighted by Crippen LogP contribution is 2.36. The normalized spacial score (nSPS) is 17.7. The molecule has 2 nitrogen and oxygen atoms in total. The Morgan fingerprint density at radius 3 is 2.39 bits per heavy atom. The number of hydrogen-bond acceptors (Lipinski definition) is 2. The zero-order valence-electron chi connectivity index (χ0n) is 11.0. The third-order valence-electron chi connectivity index (χ3n) is 3.15. The predicted molar refractivity (Wildman–Crippen MR) is 74.7 cm³/mol. The van der Waals surface area contributed by atoms with E-state index in [2.05, 4.69) is 6.92 Å². The number of hydrogen-bond donors (Lipinski definition) is 0. The Morgan fingerprint density at radius 2 is 1.83 bits per heavy atom. The van der Waals surface area contributed by atoms with Crippen molar-refractivity contribution < 1.29 is 8.39 Å². The van der Waals surface area contributed by atoms with E-state index in [1.807, 2.05) is 43.3 Å². The highest BCUT2D eigenvalue weighted by Gasteiger charge is 2.37. The minimum absolute atomic E-state index is 0.328. The van der Waals surface area contributed by atoms with Gasteiger partial charge in [0.1, 0.15) is 5.60 Å². The van der Waals surface area contributed by atoms with E-state index in [9.17, 15) is 4.21 Å². The summed E-state index contributed by atoms with van der Waals surface area (Å²) in [6, 6.07) is 7.66. The first-order chi connectivity index (χ1) is 8.65. The topological polar surface area (TPSA) is 26.3 Å². The molecule has 0 spiro atoms. The van der Waals surface area contributed by atoms with Crippen LogP contribution in [-0.2, 0) is 15.3 Å². The third-order valence-corrected chi connectivity index (χ3v) is 4.27. The van der Waals surface area contributed by atoms with Crippen LogP contribution in [0.1, 0.15) is 38.2 Å². The van der Waals surface area contributed by atoms with Crippen LogP contribution in [0.25, 0.3) is 0 Å². The maximum atomic E-state index is 12.1. The van der Waals surface area contributed by atoms with E-state index in [1.54, 1.807) is 0 Å². The van der Waals surface area contributed by atoms with Gasteiger partial charge >= 0.3 is 0 Å². The average Bonchev–Trinajstić information content (AvgIpc) is 3.10. The Labute approximate surface area is 112 Å². The van der Waals surface area contributed by atoms with Gasteiger partial charge in [-0.3, -0.25) is 4.18 Å². The minimum atomic E-state index is -1.37. The van der Waals surface area contributed by atoms with Crippen LogP contribution in [0, 0.1) is 6.92 Å². The van der Waals surface area contributed by atoms with Gasteiger partial charge in [-0.1, -0.05) is 37.5 Å². The molecule has 1 aliphatic rings. The van der Waals surface area contributed by atoms with E-state index in [0.29, 0.717) is 0 Å². The Kier molecular flexibility index (Phi) is 4.36. The van der Waals surface area contributed by atoms with Gasteiger partial charge < -0.3 is 0 Å². The van der Waals surface area contributed by atoms with Gasteiger partial charge in [-0.25, -0.2) is 4.21 Å². The maximum Gasteiger partial charge on any atom is 0.190 e. The zero-order chi connectivity index (χ0) is 13.0. The van der Waals surface area contributed by atoms with E-state index in [4.69, 9.17) is 4.18 Å². The van der Waals surface area contributed by atoms with Crippen molar-refractivity contribution in [2.45, 2.75) is 50.0 Å². The summed E-state index contributed by atoms with van der Waals surface area (Å²) in [5.74, 6) is 0. The van der Waals surface area contributed by atoms with Gasteiger partial charge in [0.25, 0.3) is 0 Å². The fourth-order valence-corrected chi connectivity index (χ4v) is 2.78. The largest absolute Gasteiger partial charge is 0.272 e. The van der Waals surface area contributed by atoms with Gasteiger partial charge in [-0.15, -0.1) is 0 Å². The van der Waals surface area contributed by atoms with E-state index in [1.165, 1.54) is 12.8 Å². The van der Waals surface area contributed by atoms with Crippen molar-refractivity contribution in [1.29, 1.82) is 0 Å². The first-order valence-corrected chi connectivity index (χ1v) is 7.61. The highest BCUT2D eigenvalue weighted by molar-refractivity contribution is 7.80. The molecule has 0 aromatic heterocycles. The van der Waals surface area contributed by atoms with Gasteiger partial charge in [0.05, 0.1) is 4.90 Å². The molecule has 0 amide bonds. The lowest BCUT2D eigenvalue weighted by molar-refractivity contribution is 0.215. The van der Waals surface area contributed by atoms with Gasteiger partial charge in [0.15, 0.2) is 11.1 Å². The first-order valence-electron chi connectivity index (χ1n) is 6.53. The number of rotatable bonds is 7. The van der Waals surface area contributed by atoms with E-state index in [0.717, 1.165) is 23.3 Å². The summed E-state index contributed by atoms with van der Waals surface area (Å²) >= 11 is -1.37. The monoisotopic (exact) mass is 264 g/mol. The van der Waals surface area contributed by atoms with Crippen molar-refractivity contribution in [2.75, 3.05) is 0 Å². The first kappa shape index (κ1) is 13.5. The second-order valence-corrected chi connectivity index (χ2v) is 5.98. The zero-order valence-corrected chi connectivity index (χ0v) is 11.8. The Balaban J connectivity index is 1.89. The number of aryl methyl sites for hydroxylation is 1. The SMILES string of the molecule is CCCCCC1(OS(=O)c2ccc(C)cc2)C=C1. The lowest BCUT2D eigenvalue weighted by Crippen LogP contribution is -2.18. The molecule has 0 saturated heterocycles. The molecular formula is C15H20O2S. The highest BCUT2D eigenvalue weighted by atomic mass is 32.2. The van der Waals surface area contributed by atoms with E-state index in [-0.39, 0.29) is 5.60 Å². The quantitative estimate of drug-likeness (QED) is 0.551. The summed E-state index contributed by atoms with van der Waals surface area (Å²) < 4.78 is 17.8. The number of unbranched alkanes of at least 4 members (excludes halogenated alkanes) is 2. The lowest BCUT2D eigenvalue weighted by atomic mass is 10.1. The molecule has 1 atom stereocenters. The van der Waals surface area contributed by atoms with Crippen molar-refractivity contribution >= 4 is 11.1 Å². The molecule has 0 aliphatic heterocycles. The third kappa shape index (κ3) is 3.53. The molecule has 3 heteroatoms. The van der Waals surface area contributed by atoms with Crippen LogP contribution in [0.5, 0.6) is 0 Å². The second-order valence-electron chi connectivity index (χ2n) is 4.88. The van der Waals surface area contributed by atoms with Crippen molar-refractivity contribution in [3.05, 3.63) is 42.0 Å². The molecule has 1 aromatic carbocycles. The summed E-state index contributed by atoms with van der Waals surface area (Å²) in [7, 11) is 0. The van der Waals surface area contributed by atoms with Crippen LogP contribution in [0.15, 0.2) is 41.3 Å². The van der Waals surface area contributed by atoms with Crippen molar-refractivity contribution in [3.63, 3.8) is 0 Å². The maximum absolute atomic E-state index is 12.1. The Morgan fingerprint density at radius 1 is 1.17 bits per heavy atom. The van der Waals surface area contributed by atoms with Gasteiger partial charge in [-0.2, -0.15) is 0 Å². The van der Waals surface area contributed by atoms with Crippen molar-refractivity contribution in [2.24, 2.45) is 0 Å². The van der Waals surface area contributed by atoms with Gasteiger partial charge in [0, 0.05) is 0 Å². The summed E-state index contributed by atoms with van der Waals surface area (Å²) in [5.41, 5.74) is 0.836. The van der Waals surface area contributed by atoms with Crippen LogP contribution in [0.2, 0.25) is 0 Å². The molecule has 0 bridgehead atoms. The predicted octanol–water partition coefficient (Wildman–Crippen LogP) is 3.92. The van der Waals surface area contributed by atoms with Crippen LogP contribution >= 0.6 is 0 Å². The van der Waals surface area contributed by atoms with Crippen LogP contribution < -0.4 is 0 Å². The smallest absolute Gasteiger partial charge is 0.190 e. The van der Waals surface area contributed by atoms with Crippen LogP contribution in [-0.4, -0.2) is 9.81 Å². The molecule has 1 aliphatic carbocycles. The molecular weight excluding hydrogens is 244 g/mol. The Bertz CT molecular complexity index is 442. The summed E-state index contributed by atoms with van der Waals surface area (Å²) in [5, 5.41) is 0. The molecule has 1 aromatic rings. The molecule has 0 radical (unpaired) electrons.